The Morgan fingerprint density at radius 3 is 2.87 bits per heavy atom. The average Bonchev–Trinajstić information content (AvgIpc) is 2.75. The first-order valence-electron chi connectivity index (χ1n) is 5.81. The first-order chi connectivity index (χ1) is 7.24. The molecule has 0 spiro atoms. The number of rotatable bonds is 7. The van der Waals surface area contributed by atoms with E-state index in [-0.39, 0.29) is 0 Å². The third-order valence-electron chi connectivity index (χ3n) is 3.02. The van der Waals surface area contributed by atoms with Gasteiger partial charge in [-0.2, -0.15) is 5.10 Å². The largest absolute Gasteiger partial charge is 0.314 e. The summed E-state index contributed by atoms with van der Waals surface area (Å²) >= 11 is 0. The van der Waals surface area contributed by atoms with E-state index in [9.17, 15) is 0 Å². The molecule has 15 heavy (non-hydrogen) atoms. The average molecular weight is 210 g/mol. The van der Waals surface area contributed by atoms with Crippen molar-refractivity contribution in [3.8, 4) is 0 Å². The second-order valence-corrected chi connectivity index (χ2v) is 4.16. The Morgan fingerprint density at radius 2 is 2.27 bits per heavy atom. The summed E-state index contributed by atoms with van der Waals surface area (Å²) in [5.74, 6) is 1.73. The lowest BCUT2D eigenvalue weighted by Crippen LogP contribution is -2.32. The highest BCUT2D eigenvalue weighted by Crippen LogP contribution is 2.06. The van der Waals surface area contributed by atoms with Crippen molar-refractivity contribution in [3.63, 3.8) is 0 Å². The van der Waals surface area contributed by atoms with Crippen molar-refractivity contribution in [2.24, 2.45) is 5.92 Å². The van der Waals surface area contributed by atoms with Crippen LogP contribution in [-0.2, 0) is 6.42 Å². The number of hydrogen-bond acceptors (Lipinski definition) is 3. The fourth-order valence-electron chi connectivity index (χ4n) is 1.49. The van der Waals surface area contributed by atoms with Gasteiger partial charge in [-0.25, -0.2) is 4.98 Å². The van der Waals surface area contributed by atoms with Crippen LogP contribution in [0.4, 0.5) is 0 Å². The van der Waals surface area contributed by atoms with E-state index >= 15 is 0 Å². The number of hydrogen-bond donors (Lipinski definition) is 2. The lowest BCUT2D eigenvalue weighted by atomic mass is 10.0. The second kappa shape index (κ2) is 6.56. The van der Waals surface area contributed by atoms with Crippen molar-refractivity contribution in [2.75, 3.05) is 6.54 Å². The maximum Gasteiger partial charge on any atom is 0.137 e. The van der Waals surface area contributed by atoms with Crippen LogP contribution in [0, 0.1) is 5.92 Å². The molecule has 0 radical (unpaired) electrons. The summed E-state index contributed by atoms with van der Waals surface area (Å²) in [6.07, 6.45) is 4.87. The van der Waals surface area contributed by atoms with Crippen LogP contribution in [0.15, 0.2) is 6.33 Å². The van der Waals surface area contributed by atoms with Gasteiger partial charge in [0.1, 0.15) is 12.2 Å². The van der Waals surface area contributed by atoms with Gasteiger partial charge in [-0.05, 0) is 25.8 Å². The third-order valence-corrected chi connectivity index (χ3v) is 3.02. The van der Waals surface area contributed by atoms with Gasteiger partial charge in [-0.15, -0.1) is 0 Å². The molecule has 0 aliphatic heterocycles. The fraction of sp³-hybridized carbons (Fsp3) is 0.818. The van der Waals surface area contributed by atoms with Gasteiger partial charge < -0.3 is 5.32 Å². The molecule has 1 aromatic heterocycles. The van der Waals surface area contributed by atoms with E-state index in [1.165, 1.54) is 6.42 Å². The first kappa shape index (κ1) is 12.2. The molecule has 2 unspecified atom stereocenters. The van der Waals surface area contributed by atoms with Gasteiger partial charge in [0.05, 0.1) is 0 Å². The molecule has 0 aliphatic rings. The summed E-state index contributed by atoms with van der Waals surface area (Å²) in [6, 6.07) is 0.602. The highest BCUT2D eigenvalue weighted by atomic mass is 15.2. The monoisotopic (exact) mass is 210 g/mol. The maximum atomic E-state index is 4.09. The highest BCUT2D eigenvalue weighted by Gasteiger charge is 2.08. The van der Waals surface area contributed by atoms with E-state index in [0.717, 1.165) is 31.1 Å². The van der Waals surface area contributed by atoms with Crippen LogP contribution < -0.4 is 5.32 Å². The zero-order valence-corrected chi connectivity index (χ0v) is 9.95. The van der Waals surface area contributed by atoms with Gasteiger partial charge in [-0.1, -0.05) is 20.3 Å². The van der Waals surface area contributed by atoms with Crippen molar-refractivity contribution >= 4 is 0 Å². The molecule has 0 saturated carbocycles. The zero-order valence-electron chi connectivity index (χ0n) is 9.95. The molecule has 0 aliphatic carbocycles. The molecule has 0 amide bonds. The Morgan fingerprint density at radius 1 is 1.47 bits per heavy atom. The number of aromatic nitrogens is 3. The Kier molecular flexibility index (Phi) is 5.32. The molecule has 4 heteroatoms. The van der Waals surface area contributed by atoms with Gasteiger partial charge in [0.15, 0.2) is 0 Å². The minimum absolute atomic E-state index is 0.602. The van der Waals surface area contributed by atoms with Gasteiger partial charge >= 0.3 is 0 Å². The van der Waals surface area contributed by atoms with E-state index in [1.807, 2.05) is 0 Å². The summed E-state index contributed by atoms with van der Waals surface area (Å²) in [5.41, 5.74) is 0. The molecule has 0 aromatic carbocycles. The minimum atomic E-state index is 0.602. The number of aryl methyl sites for hydroxylation is 1. The normalized spacial score (nSPS) is 15.1. The van der Waals surface area contributed by atoms with E-state index in [1.54, 1.807) is 6.33 Å². The molecule has 1 heterocycles. The molecule has 2 N–H and O–H groups in total. The SMILES string of the molecule is CCC(C)C(C)NCCCc1ncn[nH]1. The summed E-state index contributed by atoms with van der Waals surface area (Å²) in [5, 5.41) is 10.2. The molecule has 2 atom stereocenters. The van der Waals surface area contributed by atoms with Crippen LogP contribution >= 0.6 is 0 Å². The molecule has 1 rings (SSSR count). The van der Waals surface area contributed by atoms with Crippen molar-refractivity contribution in [3.05, 3.63) is 12.2 Å². The van der Waals surface area contributed by atoms with Gasteiger partial charge in [0.2, 0.25) is 0 Å². The van der Waals surface area contributed by atoms with E-state index < -0.39 is 0 Å². The van der Waals surface area contributed by atoms with Gasteiger partial charge in [0.25, 0.3) is 0 Å². The smallest absolute Gasteiger partial charge is 0.137 e. The second-order valence-electron chi connectivity index (χ2n) is 4.16. The summed E-state index contributed by atoms with van der Waals surface area (Å²) in [4.78, 5) is 4.09. The van der Waals surface area contributed by atoms with Crippen LogP contribution in [-0.4, -0.2) is 27.8 Å². The Labute approximate surface area is 91.9 Å². The molecule has 1 aromatic rings. The van der Waals surface area contributed by atoms with Crippen molar-refractivity contribution < 1.29 is 0 Å². The predicted octanol–water partition coefficient (Wildman–Crippen LogP) is 1.76. The minimum Gasteiger partial charge on any atom is -0.314 e. The quantitative estimate of drug-likeness (QED) is 0.674. The van der Waals surface area contributed by atoms with Crippen molar-refractivity contribution in [1.29, 1.82) is 0 Å². The standard InChI is InChI=1S/C11H22N4/c1-4-9(2)10(3)12-7-5-6-11-13-8-14-15-11/h8-10,12H,4-7H2,1-3H3,(H,13,14,15). The highest BCUT2D eigenvalue weighted by molar-refractivity contribution is 4.80. The molecular formula is C11H22N4. The Balaban J connectivity index is 2.06. The molecular weight excluding hydrogens is 188 g/mol. The van der Waals surface area contributed by atoms with Crippen molar-refractivity contribution in [1.82, 2.24) is 20.5 Å². The van der Waals surface area contributed by atoms with Gasteiger partial charge in [0, 0.05) is 12.5 Å². The Bertz CT molecular complexity index is 245. The number of H-pyrrole nitrogens is 1. The van der Waals surface area contributed by atoms with Crippen molar-refractivity contribution in [2.45, 2.75) is 46.1 Å². The molecule has 86 valence electrons. The number of nitrogens with one attached hydrogen (secondary N) is 2. The van der Waals surface area contributed by atoms with Gasteiger partial charge in [-0.3, -0.25) is 5.10 Å². The van der Waals surface area contributed by atoms with Crippen LogP contribution in [0.2, 0.25) is 0 Å². The summed E-state index contributed by atoms with van der Waals surface area (Å²) in [7, 11) is 0. The van der Waals surface area contributed by atoms with E-state index in [0.29, 0.717) is 6.04 Å². The lowest BCUT2D eigenvalue weighted by Gasteiger charge is -2.19. The zero-order chi connectivity index (χ0) is 11.1. The summed E-state index contributed by atoms with van der Waals surface area (Å²) < 4.78 is 0. The first-order valence-corrected chi connectivity index (χ1v) is 5.81. The number of nitrogens with zero attached hydrogens (tertiary/aromatic N) is 2. The topological polar surface area (TPSA) is 53.6 Å². The van der Waals surface area contributed by atoms with Crippen LogP contribution in [0.3, 0.4) is 0 Å². The summed E-state index contributed by atoms with van der Waals surface area (Å²) in [6.45, 7) is 7.82. The van der Waals surface area contributed by atoms with Crippen LogP contribution in [0.5, 0.6) is 0 Å². The third kappa shape index (κ3) is 4.42. The Hall–Kier alpha value is -0.900. The lowest BCUT2D eigenvalue weighted by molar-refractivity contribution is 0.388. The fourth-order valence-corrected chi connectivity index (χ4v) is 1.49. The van der Waals surface area contributed by atoms with Crippen LogP contribution in [0.25, 0.3) is 0 Å². The van der Waals surface area contributed by atoms with E-state index in [4.69, 9.17) is 0 Å². The molecule has 0 saturated heterocycles. The maximum absolute atomic E-state index is 4.09. The van der Waals surface area contributed by atoms with E-state index in [2.05, 4.69) is 41.3 Å². The van der Waals surface area contributed by atoms with Crippen LogP contribution in [0.1, 0.15) is 39.4 Å². The number of aromatic amines is 1. The predicted molar refractivity (Wildman–Crippen MR) is 61.6 cm³/mol. The molecule has 4 nitrogen and oxygen atoms in total. The molecule has 0 fully saturated rings. The molecule has 0 bridgehead atoms.